The molecule has 2 amide bonds. The van der Waals surface area contributed by atoms with E-state index in [4.69, 9.17) is 4.74 Å². The summed E-state index contributed by atoms with van der Waals surface area (Å²) in [6, 6.07) is 3.18. The van der Waals surface area contributed by atoms with E-state index < -0.39 is 0 Å². The highest BCUT2D eigenvalue weighted by Gasteiger charge is 2.29. The predicted octanol–water partition coefficient (Wildman–Crippen LogP) is 1.53. The van der Waals surface area contributed by atoms with Crippen molar-refractivity contribution in [2.45, 2.75) is 39.4 Å². The smallest absolute Gasteiger partial charge is 0.256 e. The fourth-order valence-corrected chi connectivity index (χ4v) is 3.12. The Morgan fingerprint density at radius 3 is 2.85 bits per heavy atom. The van der Waals surface area contributed by atoms with Crippen molar-refractivity contribution in [2.24, 2.45) is 0 Å². The van der Waals surface area contributed by atoms with Gasteiger partial charge in [-0.2, -0.15) is 5.10 Å². The molecule has 26 heavy (non-hydrogen) atoms. The monoisotopic (exact) mass is 357 g/mol. The standard InChI is InChI=1S/C18H23N5O3/c1-4-15(23-8-6-7-20-23)16(24)19-10-12-9-13-14(21-17(12)26-3)11-22(5-2)18(13)25/h6-9,15H,4-5,10-11H2,1-3H3,(H,19,24)/t15-/m0/s1. The first-order valence-corrected chi connectivity index (χ1v) is 8.71. The molecule has 1 atom stereocenters. The molecule has 0 saturated carbocycles. The van der Waals surface area contributed by atoms with Crippen molar-refractivity contribution in [3.63, 3.8) is 0 Å². The van der Waals surface area contributed by atoms with Gasteiger partial charge in [-0.3, -0.25) is 14.3 Å². The SMILES string of the molecule is CC[C@@H](C(=O)NCc1cc2c(nc1OC)CN(CC)C2=O)n1cccn1. The number of methoxy groups -OCH3 is 1. The number of ether oxygens (including phenoxy) is 1. The average molecular weight is 357 g/mol. The Labute approximate surface area is 152 Å². The summed E-state index contributed by atoms with van der Waals surface area (Å²) >= 11 is 0. The van der Waals surface area contributed by atoms with Gasteiger partial charge in [-0.25, -0.2) is 4.98 Å². The lowest BCUT2D eigenvalue weighted by Gasteiger charge is -2.16. The van der Waals surface area contributed by atoms with E-state index in [9.17, 15) is 9.59 Å². The lowest BCUT2D eigenvalue weighted by molar-refractivity contribution is -0.124. The molecule has 1 aliphatic heterocycles. The normalized spacial score (nSPS) is 14.3. The fraction of sp³-hybridized carbons (Fsp3) is 0.444. The maximum absolute atomic E-state index is 12.5. The zero-order valence-electron chi connectivity index (χ0n) is 15.2. The molecule has 0 aliphatic carbocycles. The van der Waals surface area contributed by atoms with Crippen molar-refractivity contribution in [1.82, 2.24) is 25.0 Å². The van der Waals surface area contributed by atoms with Crippen molar-refractivity contribution in [3.05, 3.63) is 41.3 Å². The molecule has 8 heteroatoms. The first-order chi connectivity index (χ1) is 12.6. The lowest BCUT2D eigenvalue weighted by Crippen LogP contribution is -2.32. The molecule has 0 spiro atoms. The third kappa shape index (κ3) is 3.26. The van der Waals surface area contributed by atoms with Crippen LogP contribution >= 0.6 is 0 Å². The summed E-state index contributed by atoms with van der Waals surface area (Å²) in [5, 5.41) is 7.04. The van der Waals surface area contributed by atoms with E-state index in [1.54, 1.807) is 34.1 Å². The molecule has 0 fully saturated rings. The van der Waals surface area contributed by atoms with E-state index in [2.05, 4.69) is 15.4 Å². The Morgan fingerprint density at radius 2 is 2.23 bits per heavy atom. The molecule has 0 saturated heterocycles. The zero-order valence-corrected chi connectivity index (χ0v) is 15.2. The van der Waals surface area contributed by atoms with Gasteiger partial charge in [0.05, 0.1) is 24.9 Å². The van der Waals surface area contributed by atoms with E-state index in [0.717, 1.165) is 0 Å². The highest BCUT2D eigenvalue weighted by Crippen LogP contribution is 2.27. The highest BCUT2D eigenvalue weighted by atomic mass is 16.5. The van der Waals surface area contributed by atoms with Gasteiger partial charge in [0, 0.05) is 31.0 Å². The number of hydrogen-bond donors (Lipinski definition) is 1. The molecule has 0 aromatic carbocycles. The second-order valence-electron chi connectivity index (χ2n) is 6.10. The highest BCUT2D eigenvalue weighted by molar-refractivity contribution is 5.98. The van der Waals surface area contributed by atoms with Crippen LogP contribution in [-0.2, 0) is 17.9 Å². The molecule has 2 aromatic rings. The average Bonchev–Trinajstić information content (AvgIpc) is 3.28. The number of nitrogens with one attached hydrogen (secondary N) is 1. The van der Waals surface area contributed by atoms with Crippen molar-refractivity contribution in [1.29, 1.82) is 0 Å². The van der Waals surface area contributed by atoms with Crippen LogP contribution in [0, 0.1) is 0 Å². The number of carbonyl (C=O) groups is 2. The Balaban J connectivity index is 1.77. The van der Waals surface area contributed by atoms with Crippen LogP contribution in [0.5, 0.6) is 5.88 Å². The molecular weight excluding hydrogens is 334 g/mol. The summed E-state index contributed by atoms with van der Waals surface area (Å²) in [4.78, 5) is 31.1. The summed E-state index contributed by atoms with van der Waals surface area (Å²) in [6.45, 7) is 5.22. The number of fused-ring (bicyclic) bond motifs is 1. The van der Waals surface area contributed by atoms with E-state index in [-0.39, 0.29) is 24.4 Å². The van der Waals surface area contributed by atoms with Gasteiger partial charge in [0.1, 0.15) is 6.04 Å². The van der Waals surface area contributed by atoms with Crippen molar-refractivity contribution < 1.29 is 14.3 Å². The minimum atomic E-state index is -0.379. The van der Waals surface area contributed by atoms with Crippen LogP contribution in [0.1, 0.15) is 47.9 Å². The topological polar surface area (TPSA) is 89.4 Å². The molecule has 138 valence electrons. The lowest BCUT2D eigenvalue weighted by atomic mass is 10.1. The van der Waals surface area contributed by atoms with Gasteiger partial charge in [0.25, 0.3) is 5.91 Å². The Bertz CT molecular complexity index is 803. The number of nitrogens with zero attached hydrogens (tertiary/aromatic N) is 4. The van der Waals surface area contributed by atoms with E-state index >= 15 is 0 Å². The number of hydrogen-bond acceptors (Lipinski definition) is 5. The van der Waals surface area contributed by atoms with Gasteiger partial charge in [0.2, 0.25) is 11.8 Å². The molecule has 1 aliphatic rings. The molecule has 3 rings (SSSR count). The first kappa shape index (κ1) is 17.9. The number of aromatic nitrogens is 3. The van der Waals surface area contributed by atoms with Gasteiger partial charge in [0.15, 0.2) is 0 Å². The largest absolute Gasteiger partial charge is 0.481 e. The fourth-order valence-electron chi connectivity index (χ4n) is 3.12. The van der Waals surface area contributed by atoms with Gasteiger partial charge < -0.3 is 15.0 Å². The Kier molecular flexibility index (Phi) is 5.20. The number of amides is 2. The molecular formula is C18H23N5O3. The summed E-state index contributed by atoms with van der Waals surface area (Å²) in [7, 11) is 1.53. The van der Waals surface area contributed by atoms with Gasteiger partial charge >= 0.3 is 0 Å². The summed E-state index contributed by atoms with van der Waals surface area (Å²) in [5.41, 5.74) is 1.98. The van der Waals surface area contributed by atoms with Crippen molar-refractivity contribution >= 4 is 11.8 Å². The molecule has 2 aromatic heterocycles. The van der Waals surface area contributed by atoms with Crippen LogP contribution in [0.3, 0.4) is 0 Å². The van der Waals surface area contributed by atoms with Gasteiger partial charge in [-0.15, -0.1) is 0 Å². The third-order valence-electron chi connectivity index (χ3n) is 4.56. The molecule has 0 unspecified atom stereocenters. The maximum atomic E-state index is 12.5. The number of pyridine rings is 1. The molecule has 0 radical (unpaired) electrons. The minimum Gasteiger partial charge on any atom is -0.481 e. The molecule has 8 nitrogen and oxygen atoms in total. The van der Waals surface area contributed by atoms with Crippen LogP contribution in [0.25, 0.3) is 0 Å². The predicted molar refractivity (Wildman–Crippen MR) is 94.6 cm³/mol. The van der Waals surface area contributed by atoms with E-state index in [1.807, 2.05) is 13.8 Å². The van der Waals surface area contributed by atoms with Crippen LogP contribution in [0.4, 0.5) is 0 Å². The number of carbonyl (C=O) groups excluding carboxylic acids is 2. The summed E-state index contributed by atoms with van der Waals surface area (Å²) in [6.07, 6.45) is 4.04. The van der Waals surface area contributed by atoms with Crippen LogP contribution < -0.4 is 10.1 Å². The van der Waals surface area contributed by atoms with Gasteiger partial charge in [-0.05, 0) is 25.5 Å². The van der Waals surface area contributed by atoms with Crippen molar-refractivity contribution in [3.8, 4) is 5.88 Å². The Hall–Kier alpha value is -2.90. The number of rotatable bonds is 7. The van der Waals surface area contributed by atoms with Crippen molar-refractivity contribution in [2.75, 3.05) is 13.7 Å². The maximum Gasteiger partial charge on any atom is 0.256 e. The molecule has 1 N–H and O–H groups in total. The van der Waals surface area contributed by atoms with Crippen LogP contribution in [-0.4, -0.2) is 45.1 Å². The quantitative estimate of drug-likeness (QED) is 0.812. The van der Waals surface area contributed by atoms with E-state index in [0.29, 0.717) is 42.2 Å². The minimum absolute atomic E-state index is 0.0341. The third-order valence-corrected chi connectivity index (χ3v) is 4.56. The Morgan fingerprint density at radius 1 is 1.42 bits per heavy atom. The van der Waals surface area contributed by atoms with E-state index in [1.165, 1.54) is 7.11 Å². The van der Waals surface area contributed by atoms with Crippen LogP contribution in [0.15, 0.2) is 24.5 Å². The second kappa shape index (κ2) is 7.55. The zero-order chi connectivity index (χ0) is 18.7. The van der Waals surface area contributed by atoms with Gasteiger partial charge in [-0.1, -0.05) is 6.92 Å². The molecule has 3 heterocycles. The second-order valence-corrected chi connectivity index (χ2v) is 6.10. The first-order valence-electron chi connectivity index (χ1n) is 8.71. The van der Waals surface area contributed by atoms with Crippen LogP contribution in [0.2, 0.25) is 0 Å². The summed E-state index contributed by atoms with van der Waals surface area (Å²) in [5.74, 6) is 0.260. The molecule has 0 bridgehead atoms. The summed E-state index contributed by atoms with van der Waals surface area (Å²) < 4.78 is 6.99.